The van der Waals surface area contributed by atoms with Gasteiger partial charge in [-0.1, -0.05) is 36.8 Å². The highest BCUT2D eigenvalue weighted by molar-refractivity contribution is 5.22. The zero-order valence-corrected chi connectivity index (χ0v) is 11.7. The largest absolute Gasteiger partial charge is 0.389 e. The first-order valence-electron chi connectivity index (χ1n) is 7.11. The van der Waals surface area contributed by atoms with Crippen LogP contribution in [0.5, 0.6) is 0 Å². The van der Waals surface area contributed by atoms with E-state index in [1.165, 1.54) is 11.1 Å². The zero-order chi connectivity index (χ0) is 13.0. The second-order valence-electron chi connectivity index (χ2n) is 5.67. The molecule has 1 aliphatic heterocycles. The molecule has 1 heterocycles. The topological polar surface area (TPSA) is 23.5 Å². The molecule has 2 heteroatoms. The molecule has 1 fully saturated rings. The Morgan fingerprint density at radius 2 is 1.89 bits per heavy atom. The van der Waals surface area contributed by atoms with Crippen LogP contribution >= 0.6 is 0 Å². The van der Waals surface area contributed by atoms with Gasteiger partial charge >= 0.3 is 0 Å². The van der Waals surface area contributed by atoms with Crippen molar-refractivity contribution in [3.8, 4) is 0 Å². The van der Waals surface area contributed by atoms with Crippen LogP contribution < -0.4 is 0 Å². The lowest BCUT2D eigenvalue weighted by Gasteiger charge is -2.27. The molecule has 0 aliphatic carbocycles. The van der Waals surface area contributed by atoms with Gasteiger partial charge in [0.25, 0.3) is 0 Å². The summed E-state index contributed by atoms with van der Waals surface area (Å²) in [5.74, 6) is 0. The van der Waals surface area contributed by atoms with Gasteiger partial charge in [-0.2, -0.15) is 0 Å². The third-order valence-corrected chi connectivity index (χ3v) is 4.11. The van der Waals surface area contributed by atoms with E-state index in [0.717, 1.165) is 45.3 Å². The van der Waals surface area contributed by atoms with Crippen LogP contribution in [0, 0.1) is 6.92 Å². The maximum atomic E-state index is 10.8. The lowest BCUT2D eigenvalue weighted by Crippen LogP contribution is -2.33. The number of hydrogen-bond donors (Lipinski definition) is 1. The van der Waals surface area contributed by atoms with Crippen molar-refractivity contribution in [3.63, 3.8) is 0 Å². The molecule has 2 rings (SSSR count). The first-order valence-corrected chi connectivity index (χ1v) is 7.11. The minimum atomic E-state index is -0.501. The van der Waals surface area contributed by atoms with Crippen molar-refractivity contribution >= 4 is 0 Å². The molecule has 0 saturated carbocycles. The monoisotopic (exact) mass is 247 g/mol. The lowest BCUT2D eigenvalue weighted by molar-refractivity contribution is 0.0258. The van der Waals surface area contributed by atoms with Crippen LogP contribution in [0.15, 0.2) is 24.3 Å². The highest BCUT2D eigenvalue weighted by atomic mass is 16.3. The molecule has 1 aromatic carbocycles. The number of hydrogen-bond acceptors (Lipinski definition) is 2. The Bertz CT molecular complexity index is 373. The quantitative estimate of drug-likeness (QED) is 0.888. The van der Waals surface area contributed by atoms with Gasteiger partial charge < -0.3 is 10.0 Å². The third-order valence-electron chi connectivity index (χ3n) is 4.11. The molecular formula is C16H25NO. The number of nitrogens with zero attached hydrogens (tertiary/aromatic N) is 1. The normalized spacial score (nSPS) is 25.9. The van der Waals surface area contributed by atoms with Crippen LogP contribution in [-0.2, 0) is 6.42 Å². The Morgan fingerprint density at radius 3 is 2.56 bits per heavy atom. The molecule has 0 aromatic heterocycles. The van der Waals surface area contributed by atoms with Crippen molar-refractivity contribution in [2.24, 2.45) is 0 Å². The Balaban J connectivity index is 2.00. The Labute approximate surface area is 111 Å². The maximum absolute atomic E-state index is 10.8. The molecule has 1 N–H and O–H groups in total. The average molecular weight is 247 g/mol. The fraction of sp³-hybridized carbons (Fsp3) is 0.625. The van der Waals surface area contributed by atoms with Crippen molar-refractivity contribution in [2.45, 2.75) is 45.1 Å². The van der Waals surface area contributed by atoms with E-state index in [4.69, 9.17) is 0 Å². The van der Waals surface area contributed by atoms with Gasteiger partial charge in [-0.3, -0.25) is 0 Å². The predicted molar refractivity (Wildman–Crippen MR) is 75.8 cm³/mol. The fourth-order valence-electron chi connectivity index (χ4n) is 2.81. The van der Waals surface area contributed by atoms with Gasteiger partial charge in [0, 0.05) is 13.0 Å². The van der Waals surface area contributed by atoms with Gasteiger partial charge in [0.05, 0.1) is 5.60 Å². The van der Waals surface area contributed by atoms with Crippen molar-refractivity contribution in [1.29, 1.82) is 0 Å². The summed E-state index contributed by atoms with van der Waals surface area (Å²) in [6.45, 7) is 7.56. The fourth-order valence-corrected chi connectivity index (χ4v) is 2.81. The lowest BCUT2D eigenvalue weighted by atomic mass is 9.87. The second-order valence-corrected chi connectivity index (χ2v) is 5.67. The van der Waals surface area contributed by atoms with Crippen molar-refractivity contribution in [2.75, 3.05) is 19.6 Å². The minimum absolute atomic E-state index is 0.501. The molecule has 1 saturated heterocycles. The van der Waals surface area contributed by atoms with E-state index in [2.05, 4.69) is 43.0 Å². The summed E-state index contributed by atoms with van der Waals surface area (Å²) < 4.78 is 0. The minimum Gasteiger partial charge on any atom is -0.389 e. The zero-order valence-electron chi connectivity index (χ0n) is 11.7. The van der Waals surface area contributed by atoms with Crippen LogP contribution in [0.4, 0.5) is 0 Å². The van der Waals surface area contributed by atoms with Gasteiger partial charge in [0.1, 0.15) is 0 Å². The van der Waals surface area contributed by atoms with Crippen LogP contribution in [0.1, 0.15) is 37.3 Å². The summed E-state index contributed by atoms with van der Waals surface area (Å²) >= 11 is 0. The number of aliphatic hydroxyl groups is 1. The summed E-state index contributed by atoms with van der Waals surface area (Å²) in [6, 6.07) is 8.56. The van der Waals surface area contributed by atoms with Crippen molar-refractivity contribution < 1.29 is 5.11 Å². The van der Waals surface area contributed by atoms with Gasteiger partial charge in [-0.05, 0) is 44.8 Å². The highest BCUT2D eigenvalue weighted by Crippen LogP contribution is 2.26. The number of benzene rings is 1. The molecule has 1 atom stereocenters. The van der Waals surface area contributed by atoms with E-state index in [1.54, 1.807) is 0 Å². The number of rotatable bonds is 3. The average Bonchev–Trinajstić information content (AvgIpc) is 2.54. The van der Waals surface area contributed by atoms with E-state index < -0.39 is 5.60 Å². The van der Waals surface area contributed by atoms with E-state index >= 15 is 0 Å². The SMILES string of the molecule is CCN1CCCC(O)(Cc2ccc(C)cc2)CC1. The molecule has 0 radical (unpaired) electrons. The predicted octanol–water partition coefficient (Wildman–Crippen LogP) is 2.77. The molecule has 100 valence electrons. The van der Waals surface area contributed by atoms with E-state index in [9.17, 15) is 5.11 Å². The molecular weight excluding hydrogens is 222 g/mol. The van der Waals surface area contributed by atoms with Crippen molar-refractivity contribution in [1.82, 2.24) is 4.90 Å². The molecule has 0 amide bonds. The summed E-state index contributed by atoms with van der Waals surface area (Å²) in [7, 11) is 0. The summed E-state index contributed by atoms with van der Waals surface area (Å²) in [4.78, 5) is 2.44. The number of aryl methyl sites for hydroxylation is 1. The number of likely N-dealkylation sites (tertiary alicyclic amines) is 1. The molecule has 18 heavy (non-hydrogen) atoms. The smallest absolute Gasteiger partial charge is 0.0700 e. The van der Waals surface area contributed by atoms with E-state index in [1.807, 2.05) is 0 Å². The molecule has 2 nitrogen and oxygen atoms in total. The molecule has 1 aromatic rings. The van der Waals surface area contributed by atoms with Gasteiger partial charge in [-0.15, -0.1) is 0 Å². The van der Waals surface area contributed by atoms with Crippen molar-refractivity contribution in [3.05, 3.63) is 35.4 Å². The summed E-state index contributed by atoms with van der Waals surface area (Å²) in [5, 5.41) is 10.8. The Kier molecular flexibility index (Phi) is 4.41. The van der Waals surface area contributed by atoms with Gasteiger partial charge in [-0.25, -0.2) is 0 Å². The van der Waals surface area contributed by atoms with Crippen LogP contribution in [-0.4, -0.2) is 35.2 Å². The van der Waals surface area contributed by atoms with Crippen LogP contribution in [0.25, 0.3) is 0 Å². The molecule has 0 spiro atoms. The van der Waals surface area contributed by atoms with E-state index in [0.29, 0.717) is 0 Å². The first kappa shape index (κ1) is 13.6. The van der Waals surface area contributed by atoms with E-state index in [-0.39, 0.29) is 0 Å². The van der Waals surface area contributed by atoms with Crippen LogP contribution in [0.3, 0.4) is 0 Å². The summed E-state index contributed by atoms with van der Waals surface area (Å²) in [6.07, 6.45) is 3.73. The first-order chi connectivity index (χ1) is 8.61. The highest BCUT2D eigenvalue weighted by Gasteiger charge is 2.29. The standard InChI is InChI=1S/C16H25NO/c1-3-17-11-4-9-16(18,10-12-17)13-15-7-5-14(2)6-8-15/h5-8,18H,3-4,9-13H2,1-2H3. The maximum Gasteiger partial charge on any atom is 0.0700 e. The molecule has 1 unspecified atom stereocenters. The molecule has 1 aliphatic rings. The third kappa shape index (κ3) is 3.56. The summed E-state index contributed by atoms with van der Waals surface area (Å²) in [5.41, 5.74) is 2.04. The Morgan fingerprint density at radius 1 is 1.17 bits per heavy atom. The Hall–Kier alpha value is -0.860. The second kappa shape index (κ2) is 5.85. The van der Waals surface area contributed by atoms with Crippen LogP contribution in [0.2, 0.25) is 0 Å². The van der Waals surface area contributed by atoms with Gasteiger partial charge in [0.2, 0.25) is 0 Å². The van der Waals surface area contributed by atoms with Gasteiger partial charge in [0.15, 0.2) is 0 Å². The molecule has 0 bridgehead atoms.